The third kappa shape index (κ3) is 1.50. The van der Waals surface area contributed by atoms with Crippen LogP contribution in [0.3, 0.4) is 0 Å². The lowest BCUT2D eigenvalue weighted by Crippen LogP contribution is -2.47. The summed E-state index contributed by atoms with van der Waals surface area (Å²) in [5, 5.41) is 0. The minimum absolute atomic E-state index is 0.214. The van der Waals surface area contributed by atoms with Crippen LogP contribution in [0.2, 0.25) is 0 Å². The van der Waals surface area contributed by atoms with Gasteiger partial charge in [0.2, 0.25) is 0 Å². The Morgan fingerprint density at radius 2 is 1.93 bits per heavy atom. The molecule has 80 valence electrons. The number of nitrogens with zero attached hydrogens (tertiary/aromatic N) is 1. The first-order valence-electron chi connectivity index (χ1n) is 5.19. The Morgan fingerprint density at radius 1 is 1.43 bits per heavy atom. The molecule has 0 spiro atoms. The fraction of sp³-hybridized carbons (Fsp3) is 0.800. The van der Waals surface area contributed by atoms with E-state index in [0.29, 0.717) is 24.4 Å². The molecule has 2 fully saturated rings. The van der Waals surface area contributed by atoms with Gasteiger partial charge in [-0.05, 0) is 18.7 Å². The van der Waals surface area contributed by atoms with E-state index >= 15 is 0 Å². The van der Waals surface area contributed by atoms with E-state index < -0.39 is 9.71 Å². The van der Waals surface area contributed by atoms with Crippen molar-refractivity contribution < 1.29 is 9.00 Å². The molecule has 0 radical (unpaired) electrons. The maximum absolute atomic E-state index is 12.2. The molecule has 0 saturated carbocycles. The van der Waals surface area contributed by atoms with E-state index in [-0.39, 0.29) is 12.1 Å². The van der Waals surface area contributed by atoms with Crippen LogP contribution in [0.25, 0.3) is 0 Å². The topological polar surface area (TPSA) is 37.4 Å². The summed E-state index contributed by atoms with van der Waals surface area (Å²) in [6.45, 7) is 1.91. The second kappa shape index (κ2) is 3.35. The molecule has 2 bridgehead atoms. The molecule has 0 amide bonds. The monoisotopic (exact) mass is 215 g/mol. The minimum Gasteiger partial charge on any atom is -0.300 e. The van der Waals surface area contributed by atoms with Crippen LogP contribution in [0, 0.1) is 0 Å². The number of Topliss-reactive ketones (excluding diaryl/α,β-unsaturated/α-hetero) is 1. The smallest absolute Gasteiger partial charge is 0.136 e. The van der Waals surface area contributed by atoms with Crippen molar-refractivity contribution in [2.45, 2.75) is 44.7 Å². The van der Waals surface area contributed by atoms with Crippen molar-refractivity contribution in [3.05, 3.63) is 0 Å². The highest BCUT2D eigenvalue weighted by molar-refractivity contribution is 7.98. The zero-order valence-corrected chi connectivity index (χ0v) is 9.39. The number of piperidine rings is 1. The number of hydrogen-bond acceptors (Lipinski definition) is 2. The number of carbonyl (C=O) groups is 1. The molecule has 0 aromatic carbocycles. The first kappa shape index (κ1) is 10.2. The second-order valence-electron chi connectivity index (χ2n) is 4.25. The summed E-state index contributed by atoms with van der Waals surface area (Å²) in [5.41, 5.74) is 0. The van der Waals surface area contributed by atoms with Crippen LogP contribution in [0.15, 0.2) is 0 Å². The third-order valence-electron chi connectivity index (χ3n) is 3.31. The predicted octanol–water partition coefficient (Wildman–Crippen LogP) is 0.834. The van der Waals surface area contributed by atoms with E-state index in [4.69, 9.17) is 0 Å². The molecule has 0 aliphatic carbocycles. The normalized spacial score (nSPS) is 37.1. The Bertz CT molecular complexity index is 331. The summed E-state index contributed by atoms with van der Waals surface area (Å²) in [6.07, 6.45) is 3.21. The molecule has 14 heavy (non-hydrogen) atoms. The van der Waals surface area contributed by atoms with E-state index in [9.17, 15) is 9.00 Å². The Balaban J connectivity index is 2.27. The fourth-order valence-electron chi connectivity index (χ4n) is 2.62. The van der Waals surface area contributed by atoms with Gasteiger partial charge < -0.3 is 0 Å². The molecule has 2 saturated heterocycles. The van der Waals surface area contributed by atoms with Crippen molar-refractivity contribution in [2.75, 3.05) is 5.75 Å². The number of rotatable bonds is 2. The van der Waals surface area contributed by atoms with Gasteiger partial charge >= 0.3 is 0 Å². The van der Waals surface area contributed by atoms with Crippen LogP contribution in [-0.2, 0) is 14.5 Å². The van der Waals surface area contributed by atoms with E-state index in [1.54, 1.807) is 0 Å². The van der Waals surface area contributed by atoms with Gasteiger partial charge in [-0.3, -0.25) is 9.00 Å². The van der Waals surface area contributed by atoms with E-state index in [2.05, 4.69) is 5.87 Å². The fourth-order valence-corrected chi connectivity index (χ4v) is 4.37. The molecule has 3 atom stereocenters. The van der Waals surface area contributed by atoms with Gasteiger partial charge in [0, 0.05) is 40.4 Å². The molecule has 2 aliphatic rings. The Hall–Kier alpha value is -0.350. The summed E-state index contributed by atoms with van der Waals surface area (Å²) in [5.74, 6) is 4.75. The Kier molecular flexibility index (Phi) is 2.43. The van der Waals surface area contributed by atoms with Gasteiger partial charge in [0.1, 0.15) is 5.78 Å². The highest BCUT2D eigenvalue weighted by Crippen LogP contribution is 2.36. The van der Waals surface area contributed by atoms with Gasteiger partial charge in [-0.2, -0.15) is 0 Å². The Morgan fingerprint density at radius 3 is 2.36 bits per heavy atom. The summed E-state index contributed by atoms with van der Waals surface area (Å²) in [4.78, 5) is 11.3. The van der Waals surface area contributed by atoms with Gasteiger partial charge in [0.15, 0.2) is 0 Å². The van der Waals surface area contributed by atoms with Gasteiger partial charge in [-0.1, -0.05) is 6.92 Å². The lowest BCUT2D eigenvalue weighted by Gasteiger charge is -2.35. The summed E-state index contributed by atoms with van der Waals surface area (Å²) in [6, 6.07) is 0.428. The van der Waals surface area contributed by atoms with E-state index in [0.717, 1.165) is 12.8 Å². The first-order valence-corrected chi connectivity index (χ1v) is 7.05. The molecular formula is C10H17NO2S. The number of hydrogen-bond donors (Lipinski definition) is 0. The molecular weight excluding hydrogens is 198 g/mol. The highest BCUT2D eigenvalue weighted by Gasteiger charge is 2.43. The lowest BCUT2D eigenvalue weighted by atomic mass is 10.0. The molecule has 2 rings (SSSR count). The van der Waals surface area contributed by atoms with Gasteiger partial charge in [-0.25, -0.2) is 4.31 Å². The predicted molar refractivity (Wildman–Crippen MR) is 58.7 cm³/mol. The maximum Gasteiger partial charge on any atom is 0.136 e. The summed E-state index contributed by atoms with van der Waals surface area (Å²) >= 11 is 0. The quantitative estimate of drug-likeness (QED) is 0.640. The third-order valence-corrected chi connectivity index (χ3v) is 5.58. The highest BCUT2D eigenvalue weighted by atomic mass is 32.2. The van der Waals surface area contributed by atoms with Crippen molar-refractivity contribution in [1.82, 2.24) is 4.31 Å². The minimum atomic E-state index is -2.10. The SMILES string of the molecule is C=S(=O)(CC)N1C2CCC1CC(=O)C2. The van der Waals surface area contributed by atoms with Crippen LogP contribution >= 0.6 is 0 Å². The number of fused-ring (bicyclic) bond motifs is 2. The standard InChI is InChI=1S/C10H17NO2S/c1-3-14(2,13)11-8-4-5-9(11)7-10(12)6-8/h8-9H,2-7H2,1H3. The van der Waals surface area contributed by atoms with Crippen molar-refractivity contribution in [2.24, 2.45) is 0 Å². The Labute approximate surface area is 85.6 Å². The van der Waals surface area contributed by atoms with Gasteiger partial charge in [0.05, 0.1) is 0 Å². The van der Waals surface area contributed by atoms with Crippen LogP contribution in [-0.4, -0.2) is 38.0 Å². The molecule has 3 unspecified atom stereocenters. The zero-order chi connectivity index (χ0) is 10.3. The summed E-state index contributed by atoms with van der Waals surface area (Å²) < 4.78 is 14.2. The van der Waals surface area contributed by atoms with Crippen LogP contribution in [0.4, 0.5) is 0 Å². The number of ketones is 1. The molecule has 3 nitrogen and oxygen atoms in total. The largest absolute Gasteiger partial charge is 0.300 e. The van der Waals surface area contributed by atoms with Gasteiger partial charge in [0.25, 0.3) is 0 Å². The molecule has 2 heterocycles. The van der Waals surface area contributed by atoms with E-state index in [1.807, 2.05) is 11.2 Å². The summed E-state index contributed by atoms with van der Waals surface area (Å²) in [7, 11) is -2.10. The van der Waals surface area contributed by atoms with E-state index in [1.165, 1.54) is 0 Å². The molecule has 0 N–H and O–H groups in total. The second-order valence-corrected chi connectivity index (χ2v) is 6.80. The average Bonchev–Trinajstić information content (AvgIpc) is 2.40. The van der Waals surface area contributed by atoms with Crippen LogP contribution < -0.4 is 0 Å². The van der Waals surface area contributed by atoms with Crippen LogP contribution in [0.5, 0.6) is 0 Å². The zero-order valence-electron chi connectivity index (χ0n) is 8.57. The first-order chi connectivity index (χ1) is 6.54. The lowest BCUT2D eigenvalue weighted by molar-refractivity contribution is -0.122. The average molecular weight is 215 g/mol. The van der Waals surface area contributed by atoms with Crippen molar-refractivity contribution in [1.29, 1.82) is 0 Å². The molecule has 0 aromatic rings. The van der Waals surface area contributed by atoms with Gasteiger partial charge in [-0.15, -0.1) is 0 Å². The maximum atomic E-state index is 12.2. The molecule has 0 aromatic heterocycles. The molecule has 2 aliphatic heterocycles. The van der Waals surface area contributed by atoms with Crippen molar-refractivity contribution in [3.63, 3.8) is 0 Å². The molecule has 4 heteroatoms. The number of carbonyl (C=O) groups excluding carboxylic acids is 1. The van der Waals surface area contributed by atoms with Crippen LogP contribution in [0.1, 0.15) is 32.6 Å². The van der Waals surface area contributed by atoms with Crippen molar-refractivity contribution >= 4 is 21.4 Å². The van der Waals surface area contributed by atoms with Crippen molar-refractivity contribution in [3.8, 4) is 0 Å².